The smallest absolute Gasteiger partial charge is 0.252 e. The third-order valence-corrected chi connectivity index (χ3v) is 7.60. The lowest BCUT2D eigenvalue weighted by atomic mass is 9.99. The van der Waals surface area contributed by atoms with Gasteiger partial charge in [-0.3, -0.25) is 4.79 Å². The summed E-state index contributed by atoms with van der Waals surface area (Å²) < 4.78 is 28.2. The molecule has 1 aliphatic rings. The minimum atomic E-state index is -3.29. The van der Waals surface area contributed by atoms with Crippen molar-refractivity contribution in [2.75, 3.05) is 19.3 Å². The number of hydrogen-bond donors (Lipinski definition) is 0. The van der Waals surface area contributed by atoms with Crippen LogP contribution in [0.5, 0.6) is 0 Å². The maximum atomic E-state index is 12.9. The van der Waals surface area contributed by atoms with Gasteiger partial charge in [0.2, 0.25) is 10.0 Å². The molecule has 3 rings (SSSR count). The third-order valence-electron chi connectivity index (χ3n) is 5.29. The molecular weight excluding hydrogens is 406 g/mol. The Morgan fingerprint density at radius 3 is 2.90 bits per heavy atom. The Balaban J connectivity index is 1.94. The van der Waals surface area contributed by atoms with Crippen molar-refractivity contribution in [3.8, 4) is 0 Å². The third kappa shape index (κ3) is 5.24. The number of sulfonamides is 1. The Labute approximate surface area is 176 Å². The van der Waals surface area contributed by atoms with Gasteiger partial charge in [-0.25, -0.2) is 12.7 Å². The number of hydrogen-bond acceptors (Lipinski definition) is 4. The van der Waals surface area contributed by atoms with Gasteiger partial charge in [-0.05, 0) is 43.4 Å². The highest BCUT2D eigenvalue weighted by Gasteiger charge is 2.30. The van der Waals surface area contributed by atoms with E-state index in [0.717, 1.165) is 29.5 Å². The number of carbonyl (C=O) groups is 1. The average molecular weight is 436 g/mol. The first-order valence-corrected chi connectivity index (χ1v) is 12.8. The van der Waals surface area contributed by atoms with Crippen molar-refractivity contribution >= 4 is 37.5 Å². The summed E-state index contributed by atoms with van der Waals surface area (Å²) >= 11 is 1.51. The molecule has 0 bridgehead atoms. The normalized spacial score (nSPS) is 19.0. The summed E-state index contributed by atoms with van der Waals surface area (Å²) in [6.07, 6.45) is 7.68. The highest BCUT2D eigenvalue weighted by atomic mass is 32.2. The fourth-order valence-electron chi connectivity index (χ4n) is 3.68. The topological polar surface area (TPSA) is 71.7 Å². The Bertz CT molecular complexity index is 1070. The van der Waals surface area contributed by atoms with Crippen molar-refractivity contribution in [1.29, 1.82) is 0 Å². The average Bonchev–Trinajstić information content (AvgIpc) is 3.02. The minimum absolute atomic E-state index is 0.217. The van der Waals surface area contributed by atoms with E-state index in [2.05, 4.69) is 36.7 Å². The monoisotopic (exact) mass is 435 g/mol. The van der Waals surface area contributed by atoms with Crippen LogP contribution in [0.3, 0.4) is 0 Å². The van der Waals surface area contributed by atoms with Gasteiger partial charge in [0.1, 0.15) is 0 Å². The van der Waals surface area contributed by atoms with Crippen molar-refractivity contribution in [3.63, 3.8) is 0 Å². The molecular formula is C21H29N3O3S2. The van der Waals surface area contributed by atoms with E-state index in [9.17, 15) is 13.2 Å². The van der Waals surface area contributed by atoms with Gasteiger partial charge in [0.05, 0.1) is 22.4 Å². The van der Waals surface area contributed by atoms with E-state index in [4.69, 9.17) is 0 Å². The van der Waals surface area contributed by atoms with Crippen LogP contribution in [0.2, 0.25) is 0 Å². The van der Waals surface area contributed by atoms with Crippen LogP contribution in [-0.4, -0.2) is 42.5 Å². The van der Waals surface area contributed by atoms with Gasteiger partial charge in [0, 0.05) is 19.6 Å². The molecule has 1 fully saturated rings. The van der Waals surface area contributed by atoms with Crippen molar-refractivity contribution in [3.05, 3.63) is 41.2 Å². The molecule has 2 heterocycles. The first kappa shape index (κ1) is 21.9. The predicted octanol–water partition coefficient (Wildman–Crippen LogP) is 3.33. The molecule has 29 heavy (non-hydrogen) atoms. The van der Waals surface area contributed by atoms with Gasteiger partial charge in [-0.15, -0.1) is 6.58 Å². The standard InChI is InChI=1S/C21H29N3O3S2/c1-4-6-8-16-10-11-18-19(14-16)28-21(24(18)12-5-2)22-20(25)17-9-7-13-23(15-17)29(3,26)27/h5,10-11,14,17H,2,4,6-9,12-13,15H2,1,3H3. The van der Waals surface area contributed by atoms with E-state index < -0.39 is 10.0 Å². The highest BCUT2D eigenvalue weighted by molar-refractivity contribution is 7.88. The molecule has 1 aromatic heterocycles. The zero-order valence-corrected chi connectivity index (χ0v) is 18.8. The fourth-order valence-corrected chi connectivity index (χ4v) is 5.70. The van der Waals surface area contributed by atoms with Gasteiger partial charge in [0.15, 0.2) is 4.80 Å². The lowest BCUT2D eigenvalue weighted by molar-refractivity contribution is -0.122. The number of nitrogens with zero attached hydrogens (tertiary/aromatic N) is 3. The molecule has 1 atom stereocenters. The van der Waals surface area contributed by atoms with Gasteiger partial charge >= 0.3 is 0 Å². The quantitative estimate of drug-likeness (QED) is 0.626. The number of carbonyl (C=O) groups excluding carboxylic acids is 1. The van der Waals surface area contributed by atoms with Crippen LogP contribution in [-0.2, 0) is 27.8 Å². The van der Waals surface area contributed by atoms with Crippen molar-refractivity contribution in [2.24, 2.45) is 10.9 Å². The predicted molar refractivity (Wildman–Crippen MR) is 118 cm³/mol. The zero-order chi connectivity index (χ0) is 21.0. The molecule has 1 aromatic carbocycles. The Morgan fingerprint density at radius 1 is 1.41 bits per heavy atom. The van der Waals surface area contributed by atoms with Crippen LogP contribution in [0, 0.1) is 5.92 Å². The minimum Gasteiger partial charge on any atom is -0.313 e. The van der Waals surface area contributed by atoms with Crippen molar-refractivity contribution in [1.82, 2.24) is 8.87 Å². The molecule has 158 valence electrons. The Morgan fingerprint density at radius 2 is 2.21 bits per heavy atom. The Hall–Kier alpha value is -1.77. The SMILES string of the molecule is C=CCn1c(=NC(=O)C2CCCN(S(C)(=O)=O)C2)sc2cc(CCCC)ccc21. The fraction of sp³-hybridized carbons (Fsp3) is 0.524. The van der Waals surface area contributed by atoms with Crippen LogP contribution >= 0.6 is 11.3 Å². The molecule has 0 N–H and O–H groups in total. The summed E-state index contributed by atoms with van der Waals surface area (Å²) in [6, 6.07) is 6.42. The molecule has 0 spiro atoms. The van der Waals surface area contributed by atoms with Crippen LogP contribution in [0.4, 0.5) is 0 Å². The van der Waals surface area contributed by atoms with E-state index in [-0.39, 0.29) is 18.4 Å². The van der Waals surface area contributed by atoms with Crippen LogP contribution in [0.1, 0.15) is 38.2 Å². The highest BCUT2D eigenvalue weighted by Crippen LogP contribution is 2.22. The molecule has 1 unspecified atom stereocenters. The molecule has 0 saturated carbocycles. The van der Waals surface area contributed by atoms with Gasteiger partial charge in [0.25, 0.3) is 5.91 Å². The summed E-state index contributed by atoms with van der Waals surface area (Å²) in [6.45, 7) is 7.27. The number of unbranched alkanes of at least 4 members (excludes halogenated alkanes) is 1. The number of allylic oxidation sites excluding steroid dienone is 1. The molecule has 0 aliphatic carbocycles. The van der Waals surface area contributed by atoms with Gasteiger partial charge < -0.3 is 4.57 Å². The summed E-state index contributed by atoms with van der Waals surface area (Å²) in [5.74, 6) is -0.630. The molecule has 6 nitrogen and oxygen atoms in total. The number of amides is 1. The molecule has 1 aliphatic heterocycles. The number of fused-ring (bicyclic) bond motifs is 1. The molecule has 0 radical (unpaired) electrons. The second kappa shape index (κ2) is 9.36. The molecule has 8 heteroatoms. The van der Waals surface area contributed by atoms with Gasteiger partial charge in [-0.2, -0.15) is 4.99 Å². The summed E-state index contributed by atoms with van der Waals surface area (Å²) in [4.78, 5) is 17.9. The van der Waals surface area contributed by atoms with Crippen LogP contribution < -0.4 is 4.80 Å². The largest absolute Gasteiger partial charge is 0.313 e. The van der Waals surface area contributed by atoms with Crippen molar-refractivity contribution < 1.29 is 13.2 Å². The second-order valence-electron chi connectivity index (χ2n) is 7.60. The molecule has 2 aromatic rings. The maximum Gasteiger partial charge on any atom is 0.252 e. The number of aryl methyl sites for hydroxylation is 1. The summed E-state index contributed by atoms with van der Waals surface area (Å²) in [7, 11) is -3.29. The van der Waals surface area contributed by atoms with Crippen molar-refractivity contribution in [2.45, 2.75) is 45.6 Å². The van der Waals surface area contributed by atoms with E-state index in [0.29, 0.717) is 30.7 Å². The number of piperidine rings is 1. The molecule has 1 amide bonds. The first-order chi connectivity index (χ1) is 13.8. The maximum absolute atomic E-state index is 12.9. The van der Waals surface area contributed by atoms with E-state index in [1.165, 1.54) is 27.5 Å². The van der Waals surface area contributed by atoms with Gasteiger partial charge in [-0.1, -0.05) is 36.8 Å². The Kier molecular flexibility index (Phi) is 7.08. The lowest BCUT2D eigenvalue weighted by Crippen LogP contribution is -2.41. The number of rotatable bonds is 7. The summed E-state index contributed by atoms with van der Waals surface area (Å²) in [5, 5.41) is 0. The number of aromatic nitrogens is 1. The number of benzene rings is 1. The first-order valence-electron chi connectivity index (χ1n) is 10.1. The van der Waals surface area contributed by atoms with E-state index in [1.54, 1.807) is 6.08 Å². The van der Waals surface area contributed by atoms with E-state index in [1.807, 2.05) is 4.57 Å². The summed E-state index contributed by atoms with van der Waals surface area (Å²) in [5.41, 5.74) is 2.34. The van der Waals surface area contributed by atoms with Crippen LogP contribution in [0.25, 0.3) is 10.2 Å². The number of thiazole rings is 1. The molecule has 1 saturated heterocycles. The lowest BCUT2D eigenvalue weighted by Gasteiger charge is -2.28. The zero-order valence-electron chi connectivity index (χ0n) is 17.1. The van der Waals surface area contributed by atoms with Crippen LogP contribution in [0.15, 0.2) is 35.8 Å². The van der Waals surface area contributed by atoms with E-state index >= 15 is 0 Å². The second-order valence-corrected chi connectivity index (χ2v) is 10.6.